The zero-order chi connectivity index (χ0) is 53.3. The summed E-state index contributed by atoms with van der Waals surface area (Å²) in [6, 6.07) is 60.4. The van der Waals surface area contributed by atoms with E-state index in [0.29, 0.717) is 81.8 Å². The fourth-order valence-corrected chi connectivity index (χ4v) is 9.70. The molecule has 0 saturated carbocycles. The summed E-state index contributed by atoms with van der Waals surface area (Å²) in [5.41, 5.74) is 9.39. The van der Waals surface area contributed by atoms with Gasteiger partial charge >= 0.3 is 0 Å². The van der Waals surface area contributed by atoms with Gasteiger partial charge in [0.1, 0.15) is 23.7 Å². The molecule has 10 aromatic rings. The van der Waals surface area contributed by atoms with Crippen LogP contribution in [0.25, 0.3) is 49.6 Å². The highest BCUT2D eigenvalue weighted by Gasteiger charge is 2.26. The molecular weight excluding hydrogens is 1000 g/mol. The van der Waals surface area contributed by atoms with Crippen molar-refractivity contribution in [3.8, 4) is 39.6 Å². The van der Waals surface area contributed by atoms with Gasteiger partial charge in [0, 0.05) is 46.7 Å². The zero-order valence-corrected chi connectivity index (χ0v) is 44.5. The second-order valence-electron chi connectivity index (χ2n) is 17.7. The Hall–Kier alpha value is -8.68. The molecule has 12 nitrogen and oxygen atoms in total. The highest BCUT2D eigenvalue weighted by Crippen LogP contribution is 2.44. The Balaban J connectivity index is 0.935. The third kappa shape index (κ3) is 11.2. The van der Waals surface area contributed by atoms with Crippen LogP contribution in [0.3, 0.4) is 0 Å². The summed E-state index contributed by atoms with van der Waals surface area (Å²) in [4.78, 5) is 22.4. The number of carbonyl (C=O) groups excluding carboxylic acids is 1. The Morgan fingerprint density at radius 2 is 1.10 bits per heavy atom. The van der Waals surface area contributed by atoms with Gasteiger partial charge in [-0.15, -0.1) is 10.2 Å². The molecule has 0 aliphatic heterocycles. The smallest absolute Gasteiger partial charge is 0.262 e. The monoisotopic (exact) mass is 1060 g/mol. The molecule has 1 heterocycles. The summed E-state index contributed by atoms with van der Waals surface area (Å²) >= 11 is 13.2. The van der Waals surface area contributed by atoms with Gasteiger partial charge in [-0.05, 0) is 117 Å². The van der Waals surface area contributed by atoms with Gasteiger partial charge in [0.05, 0.1) is 57.3 Å². The molecule has 0 aliphatic carbocycles. The Kier molecular flexibility index (Phi) is 16.1. The minimum absolute atomic E-state index is 0.223. The molecule has 0 spiro atoms. The molecule has 0 aliphatic rings. The summed E-state index contributed by atoms with van der Waals surface area (Å²) in [7, 11) is 0. The molecule has 0 fully saturated rings. The molecule has 1 amide bonds. The number of para-hydroxylation sites is 2. The molecule has 77 heavy (non-hydrogen) atoms. The number of hydrogen-bond donors (Lipinski definition) is 0. The maximum atomic E-state index is 14.4. The fourth-order valence-electron chi connectivity index (χ4n) is 9.23. The van der Waals surface area contributed by atoms with E-state index < -0.39 is 0 Å². The highest BCUT2D eigenvalue weighted by molar-refractivity contribution is 6.34. The third-order valence-corrected chi connectivity index (χ3v) is 13.5. The predicted octanol–water partition coefficient (Wildman–Crippen LogP) is 18.1. The summed E-state index contributed by atoms with van der Waals surface area (Å²) in [5, 5.41) is 30.6. The number of anilines is 2. The lowest BCUT2D eigenvalue weighted by Gasteiger charge is -2.24. The van der Waals surface area contributed by atoms with Crippen molar-refractivity contribution in [2.24, 2.45) is 20.5 Å². The Bertz CT molecular complexity index is 3770. The molecule has 0 radical (unpaired) electrons. The SMILES string of the molecule is CCOc1c(CON(CC)c2ccccc2Cl)cc2ccccc2c1N=Nc1ccc(-n2cc(-c3ccc(N=Nc4c(OCC)c(C(=O)N(CC)c5ccccc5Cl)cc5ccccc45)cc3)c(-c3ccccc3)n2)cc1. The van der Waals surface area contributed by atoms with E-state index in [4.69, 9.17) is 63.1 Å². The average molecular weight is 1060 g/mol. The van der Waals surface area contributed by atoms with Crippen LogP contribution in [0.5, 0.6) is 11.5 Å². The first kappa shape index (κ1) is 51.8. The van der Waals surface area contributed by atoms with Crippen molar-refractivity contribution in [3.63, 3.8) is 0 Å². The average Bonchev–Trinajstić information content (AvgIpc) is 3.95. The number of hydrogen-bond acceptors (Lipinski definition) is 10. The highest BCUT2D eigenvalue weighted by atomic mass is 35.5. The quantitative estimate of drug-likeness (QED) is 0.0588. The number of carbonyl (C=O) groups is 1. The first-order valence-corrected chi connectivity index (χ1v) is 26.3. The second kappa shape index (κ2) is 23.9. The second-order valence-corrected chi connectivity index (χ2v) is 18.5. The van der Waals surface area contributed by atoms with Crippen molar-refractivity contribution in [1.82, 2.24) is 9.78 Å². The first-order chi connectivity index (χ1) is 37.8. The Morgan fingerprint density at radius 1 is 0.558 bits per heavy atom. The first-order valence-electron chi connectivity index (χ1n) is 25.5. The van der Waals surface area contributed by atoms with Gasteiger partial charge in [0.25, 0.3) is 5.91 Å². The number of azo groups is 2. The molecule has 0 saturated heterocycles. The van der Waals surface area contributed by atoms with E-state index in [1.54, 1.807) is 16.0 Å². The number of hydroxylamine groups is 1. The lowest BCUT2D eigenvalue weighted by Crippen LogP contribution is -2.31. The number of amides is 1. The number of fused-ring (bicyclic) bond motifs is 2. The van der Waals surface area contributed by atoms with Gasteiger partial charge in [-0.25, -0.2) is 4.68 Å². The molecule has 384 valence electrons. The molecule has 0 atom stereocenters. The van der Waals surface area contributed by atoms with E-state index in [1.807, 2.05) is 202 Å². The van der Waals surface area contributed by atoms with Crippen LogP contribution < -0.4 is 19.4 Å². The molecule has 10 rings (SSSR count). The molecular formula is C63H54Cl2N8O4. The van der Waals surface area contributed by atoms with E-state index in [2.05, 4.69) is 18.2 Å². The maximum Gasteiger partial charge on any atom is 0.262 e. The Labute approximate surface area is 457 Å². The van der Waals surface area contributed by atoms with Crippen LogP contribution >= 0.6 is 23.2 Å². The number of halogens is 2. The Morgan fingerprint density at radius 3 is 1.71 bits per heavy atom. The van der Waals surface area contributed by atoms with Crippen LogP contribution in [0, 0.1) is 0 Å². The van der Waals surface area contributed by atoms with Crippen LogP contribution in [-0.4, -0.2) is 42.0 Å². The molecule has 0 bridgehead atoms. The number of aromatic nitrogens is 2. The van der Waals surface area contributed by atoms with Crippen molar-refractivity contribution < 1.29 is 19.1 Å². The van der Waals surface area contributed by atoms with Crippen LogP contribution in [-0.2, 0) is 11.4 Å². The molecule has 1 aromatic heterocycles. The van der Waals surface area contributed by atoms with Crippen molar-refractivity contribution in [1.29, 1.82) is 0 Å². The van der Waals surface area contributed by atoms with Gasteiger partial charge in [-0.3, -0.25) is 14.7 Å². The third-order valence-electron chi connectivity index (χ3n) is 12.9. The van der Waals surface area contributed by atoms with Crippen molar-refractivity contribution in [2.75, 3.05) is 36.3 Å². The summed E-state index contributed by atoms with van der Waals surface area (Å²) in [5.74, 6) is 0.697. The lowest BCUT2D eigenvalue weighted by molar-refractivity contribution is 0.0954. The van der Waals surface area contributed by atoms with E-state index in [1.165, 1.54) is 0 Å². The predicted molar refractivity (Wildman–Crippen MR) is 311 cm³/mol. The van der Waals surface area contributed by atoms with Crippen molar-refractivity contribution in [2.45, 2.75) is 34.3 Å². The van der Waals surface area contributed by atoms with Gasteiger partial charge in [-0.1, -0.05) is 138 Å². The minimum Gasteiger partial charge on any atom is -0.491 e. The number of nitrogens with zero attached hydrogens (tertiary/aromatic N) is 8. The molecule has 9 aromatic carbocycles. The molecule has 14 heteroatoms. The van der Waals surface area contributed by atoms with E-state index >= 15 is 0 Å². The van der Waals surface area contributed by atoms with Crippen LogP contribution in [0.4, 0.5) is 34.1 Å². The van der Waals surface area contributed by atoms with Gasteiger partial charge in [0.2, 0.25) is 0 Å². The van der Waals surface area contributed by atoms with E-state index in [-0.39, 0.29) is 12.5 Å². The number of benzene rings is 9. The topological polar surface area (TPSA) is 118 Å². The normalized spacial score (nSPS) is 11.5. The van der Waals surface area contributed by atoms with Crippen molar-refractivity contribution >= 4 is 84.8 Å². The minimum atomic E-state index is -0.258. The fraction of sp³-hybridized carbons (Fsp3) is 0.143. The van der Waals surface area contributed by atoms with Crippen LogP contribution in [0.15, 0.2) is 215 Å². The van der Waals surface area contributed by atoms with E-state index in [9.17, 15) is 4.79 Å². The summed E-state index contributed by atoms with van der Waals surface area (Å²) < 4.78 is 14.4. The molecule has 0 unspecified atom stereocenters. The summed E-state index contributed by atoms with van der Waals surface area (Å²) in [6.07, 6.45) is 2.03. The van der Waals surface area contributed by atoms with Gasteiger partial charge < -0.3 is 14.4 Å². The largest absolute Gasteiger partial charge is 0.491 e. The van der Waals surface area contributed by atoms with E-state index in [0.717, 1.165) is 60.9 Å². The number of ether oxygens (including phenoxy) is 2. The molecule has 0 N–H and O–H groups in total. The maximum absolute atomic E-state index is 14.4. The lowest BCUT2D eigenvalue weighted by atomic mass is 10.0. The standard InChI is InChI=1S/C63H54Cl2N8O4/c1-5-71(56-28-18-16-26-54(56)64)63(74)52-39-45-23-13-15-25-51(45)60(62(52)76-8-4)69-66-47-32-30-42(31-33-47)53-40-72(70-58(53)43-20-10-9-11-21-43)49-36-34-48(35-37-49)67-68-59-50-24-14-12-22-44(50)38-46(61(59)75-7-3)41-77-73(6-2)57-29-19-17-27-55(57)65/h9-40H,5-8,41H2,1-4H3. The zero-order valence-electron chi connectivity index (χ0n) is 43.0. The van der Waals surface area contributed by atoms with Crippen LogP contribution in [0.2, 0.25) is 10.0 Å². The number of rotatable bonds is 19. The van der Waals surface area contributed by atoms with Crippen LogP contribution in [0.1, 0.15) is 43.6 Å². The van der Waals surface area contributed by atoms with Gasteiger partial charge in [-0.2, -0.15) is 15.3 Å². The van der Waals surface area contributed by atoms with Crippen molar-refractivity contribution in [3.05, 3.63) is 215 Å². The summed E-state index contributed by atoms with van der Waals surface area (Å²) in [6.45, 7) is 9.70. The van der Waals surface area contributed by atoms with Gasteiger partial charge in [0.15, 0.2) is 11.5 Å².